The SMILES string of the molecule is COc1c(C)cnc(Cn2c(C)nc3c2CCCC3)c1C. The summed E-state index contributed by atoms with van der Waals surface area (Å²) in [6, 6.07) is 0. The number of aryl methyl sites for hydroxylation is 3. The second-order valence-electron chi connectivity index (χ2n) is 5.89. The predicted octanol–water partition coefficient (Wildman–Crippen LogP) is 3.14. The zero-order valence-corrected chi connectivity index (χ0v) is 13.4. The van der Waals surface area contributed by atoms with Crippen LogP contribution in [0.25, 0.3) is 0 Å². The second-order valence-corrected chi connectivity index (χ2v) is 5.89. The number of nitrogens with zero attached hydrogens (tertiary/aromatic N) is 3. The Hall–Kier alpha value is -1.84. The Morgan fingerprint density at radius 1 is 1.19 bits per heavy atom. The van der Waals surface area contributed by atoms with Crippen LogP contribution in [0.2, 0.25) is 0 Å². The Kier molecular flexibility index (Phi) is 3.70. The molecule has 0 radical (unpaired) electrons. The number of pyridine rings is 1. The highest BCUT2D eigenvalue weighted by Gasteiger charge is 2.19. The standard InChI is InChI=1S/C17H23N3O/c1-11-9-18-15(12(2)17(11)21-4)10-20-13(3)19-14-7-5-6-8-16(14)20/h9H,5-8,10H2,1-4H3. The minimum absolute atomic E-state index is 0.788. The molecule has 0 bridgehead atoms. The van der Waals surface area contributed by atoms with E-state index < -0.39 is 0 Å². The molecule has 4 heteroatoms. The molecule has 0 N–H and O–H groups in total. The zero-order chi connectivity index (χ0) is 15.0. The fourth-order valence-corrected chi connectivity index (χ4v) is 3.33. The molecule has 1 aliphatic carbocycles. The van der Waals surface area contributed by atoms with Crippen molar-refractivity contribution in [1.29, 1.82) is 0 Å². The van der Waals surface area contributed by atoms with E-state index in [0.717, 1.165) is 47.8 Å². The number of hydrogen-bond donors (Lipinski definition) is 0. The van der Waals surface area contributed by atoms with Crippen LogP contribution in [0.4, 0.5) is 0 Å². The molecule has 2 aromatic rings. The van der Waals surface area contributed by atoms with E-state index >= 15 is 0 Å². The summed E-state index contributed by atoms with van der Waals surface area (Å²) < 4.78 is 7.85. The Morgan fingerprint density at radius 3 is 2.71 bits per heavy atom. The first kappa shape index (κ1) is 14.1. The number of aromatic nitrogens is 3. The van der Waals surface area contributed by atoms with E-state index in [1.807, 2.05) is 13.1 Å². The summed E-state index contributed by atoms with van der Waals surface area (Å²) in [4.78, 5) is 9.36. The average molecular weight is 285 g/mol. The lowest BCUT2D eigenvalue weighted by atomic mass is 10.0. The molecule has 112 valence electrons. The fraction of sp³-hybridized carbons (Fsp3) is 0.529. The monoisotopic (exact) mass is 285 g/mol. The molecule has 0 atom stereocenters. The van der Waals surface area contributed by atoms with E-state index in [1.54, 1.807) is 7.11 Å². The lowest BCUT2D eigenvalue weighted by molar-refractivity contribution is 0.406. The maximum absolute atomic E-state index is 5.51. The lowest BCUT2D eigenvalue weighted by Gasteiger charge is -2.17. The van der Waals surface area contributed by atoms with E-state index in [4.69, 9.17) is 9.72 Å². The van der Waals surface area contributed by atoms with Gasteiger partial charge in [0, 0.05) is 23.0 Å². The minimum atomic E-state index is 0.788. The van der Waals surface area contributed by atoms with Crippen LogP contribution < -0.4 is 4.74 Å². The number of ether oxygens (including phenoxy) is 1. The smallest absolute Gasteiger partial charge is 0.128 e. The van der Waals surface area contributed by atoms with Crippen LogP contribution in [0.3, 0.4) is 0 Å². The maximum atomic E-state index is 5.51. The minimum Gasteiger partial charge on any atom is -0.496 e. The molecular formula is C17H23N3O. The molecule has 0 aromatic carbocycles. The number of fused-ring (bicyclic) bond motifs is 1. The highest BCUT2D eigenvalue weighted by atomic mass is 16.5. The Labute approximate surface area is 126 Å². The van der Waals surface area contributed by atoms with Crippen molar-refractivity contribution in [3.63, 3.8) is 0 Å². The van der Waals surface area contributed by atoms with Crippen molar-refractivity contribution >= 4 is 0 Å². The van der Waals surface area contributed by atoms with Crippen molar-refractivity contribution in [1.82, 2.24) is 14.5 Å². The van der Waals surface area contributed by atoms with Crippen LogP contribution in [0, 0.1) is 20.8 Å². The summed E-state index contributed by atoms with van der Waals surface area (Å²) in [7, 11) is 1.73. The molecule has 2 aromatic heterocycles. The molecule has 0 unspecified atom stereocenters. The van der Waals surface area contributed by atoms with Crippen LogP contribution in [-0.4, -0.2) is 21.6 Å². The van der Waals surface area contributed by atoms with E-state index in [0.29, 0.717) is 0 Å². The van der Waals surface area contributed by atoms with Gasteiger partial charge in [0.05, 0.1) is 25.0 Å². The van der Waals surface area contributed by atoms with Crippen LogP contribution in [0.5, 0.6) is 5.75 Å². The van der Waals surface area contributed by atoms with Crippen LogP contribution in [-0.2, 0) is 19.4 Å². The van der Waals surface area contributed by atoms with Gasteiger partial charge in [0.2, 0.25) is 0 Å². The molecule has 1 aliphatic rings. The van der Waals surface area contributed by atoms with Crippen LogP contribution in [0.15, 0.2) is 6.20 Å². The molecule has 0 spiro atoms. The van der Waals surface area contributed by atoms with Gasteiger partial charge in [-0.15, -0.1) is 0 Å². The normalized spacial score (nSPS) is 14.1. The summed E-state index contributed by atoms with van der Waals surface area (Å²) in [5.74, 6) is 2.05. The molecule has 0 amide bonds. The van der Waals surface area contributed by atoms with Crippen molar-refractivity contribution in [2.75, 3.05) is 7.11 Å². The Morgan fingerprint density at radius 2 is 1.95 bits per heavy atom. The fourth-order valence-electron chi connectivity index (χ4n) is 3.33. The molecule has 21 heavy (non-hydrogen) atoms. The van der Waals surface area contributed by atoms with Gasteiger partial charge in [-0.1, -0.05) is 0 Å². The van der Waals surface area contributed by atoms with Gasteiger partial charge in [-0.2, -0.15) is 0 Å². The van der Waals surface area contributed by atoms with Gasteiger partial charge < -0.3 is 9.30 Å². The van der Waals surface area contributed by atoms with Crippen molar-refractivity contribution in [2.45, 2.75) is 53.0 Å². The van der Waals surface area contributed by atoms with Gasteiger partial charge in [-0.25, -0.2) is 4.98 Å². The Balaban J connectivity index is 2.00. The van der Waals surface area contributed by atoms with Crippen molar-refractivity contribution in [3.05, 3.63) is 40.2 Å². The lowest BCUT2D eigenvalue weighted by Crippen LogP contribution is -2.12. The van der Waals surface area contributed by atoms with Gasteiger partial charge in [-0.3, -0.25) is 4.98 Å². The number of rotatable bonds is 3. The third-order valence-electron chi connectivity index (χ3n) is 4.48. The average Bonchev–Trinajstić information content (AvgIpc) is 2.78. The third-order valence-corrected chi connectivity index (χ3v) is 4.48. The summed E-state index contributed by atoms with van der Waals surface area (Å²) in [6.07, 6.45) is 6.69. The van der Waals surface area contributed by atoms with Gasteiger partial charge in [-0.05, 0) is 46.5 Å². The first-order valence-electron chi connectivity index (χ1n) is 7.65. The first-order chi connectivity index (χ1) is 10.1. The summed E-state index contributed by atoms with van der Waals surface area (Å²) in [6.45, 7) is 7.01. The quantitative estimate of drug-likeness (QED) is 0.870. The molecule has 0 saturated heterocycles. The van der Waals surface area contributed by atoms with Crippen LogP contribution in [0.1, 0.15) is 46.9 Å². The van der Waals surface area contributed by atoms with Gasteiger partial charge in [0.15, 0.2) is 0 Å². The van der Waals surface area contributed by atoms with E-state index in [1.165, 1.54) is 24.2 Å². The number of imidazole rings is 1. The molecule has 3 rings (SSSR count). The van der Waals surface area contributed by atoms with E-state index in [-0.39, 0.29) is 0 Å². The van der Waals surface area contributed by atoms with E-state index in [9.17, 15) is 0 Å². The van der Waals surface area contributed by atoms with Gasteiger partial charge in [0.25, 0.3) is 0 Å². The molecule has 2 heterocycles. The van der Waals surface area contributed by atoms with Gasteiger partial charge >= 0.3 is 0 Å². The van der Waals surface area contributed by atoms with Crippen molar-refractivity contribution in [2.24, 2.45) is 0 Å². The summed E-state index contributed by atoms with van der Waals surface area (Å²) in [5.41, 5.74) is 5.99. The van der Waals surface area contributed by atoms with Crippen molar-refractivity contribution in [3.8, 4) is 5.75 Å². The highest BCUT2D eigenvalue weighted by Crippen LogP contribution is 2.27. The molecule has 0 aliphatic heterocycles. The maximum Gasteiger partial charge on any atom is 0.128 e. The largest absolute Gasteiger partial charge is 0.496 e. The number of hydrogen-bond acceptors (Lipinski definition) is 3. The zero-order valence-electron chi connectivity index (χ0n) is 13.4. The Bertz CT molecular complexity index is 673. The van der Waals surface area contributed by atoms with E-state index in [2.05, 4.69) is 23.4 Å². The predicted molar refractivity (Wildman–Crippen MR) is 83.0 cm³/mol. The molecule has 4 nitrogen and oxygen atoms in total. The highest BCUT2D eigenvalue weighted by molar-refractivity contribution is 5.41. The molecule has 0 saturated carbocycles. The summed E-state index contributed by atoms with van der Waals surface area (Å²) >= 11 is 0. The second kappa shape index (κ2) is 5.51. The van der Waals surface area contributed by atoms with Gasteiger partial charge in [0.1, 0.15) is 11.6 Å². The molecular weight excluding hydrogens is 262 g/mol. The molecule has 0 fully saturated rings. The third kappa shape index (κ3) is 2.43. The van der Waals surface area contributed by atoms with Crippen LogP contribution >= 0.6 is 0 Å². The van der Waals surface area contributed by atoms with Crippen molar-refractivity contribution < 1.29 is 4.74 Å². The number of methoxy groups -OCH3 is 1. The summed E-state index contributed by atoms with van der Waals surface area (Å²) in [5, 5.41) is 0. The topological polar surface area (TPSA) is 39.9 Å². The first-order valence-corrected chi connectivity index (χ1v) is 7.65.